The van der Waals surface area contributed by atoms with Crippen molar-refractivity contribution in [1.29, 1.82) is 0 Å². The maximum atomic E-state index is 12.3. The number of hydrogen-bond donors (Lipinski definition) is 1. The molecule has 27 heavy (non-hydrogen) atoms. The summed E-state index contributed by atoms with van der Waals surface area (Å²) in [5.74, 6) is 1.81. The van der Waals surface area contributed by atoms with Gasteiger partial charge in [-0.05, 0) is 35.9 Å². The third kappa shape index (κ3) is 5.50. The zero-order valence-electron chi connectivity index (χ0n) is 15.5. The first-order valence-electron chi connectivity index (χ1n) is 8.09. The van der Waals surface area contributed by atoms with Crippen LogP contribution in [-0.4, -0.2) is 40.1 Å². The first-order chi connectivity index (χ1) is 13.1. The first-order valence-corrected chi connectivity index (χ1v) is 8.09. The smallest absolute Gasteiger partial charge is 0.271 e. The molecule has 7 nitrogen and oxygen atoms in total. The van der Waals surface area contributed by atoms with Crippen molar-refractivity contribution >= 4 is 12.1 Å². The largest absolute Gasteiger partial charge is 0.497 e. The molecule has 7 heteroatoms. The van der Waals surface area contributed by atoms with Gasteiger partial charge in [-0.3, -0.25) is 4.79 Å². The van der Waals surface area contributed by atoms with Gasteiger partial charge in [-0.1, -0.05) is 12.7 Å². The predicted molar refractivity (Wildman–Crippen MR) is 103 cm³/mol. The number of nitrogens with one attached hydrogen (secondary N) is 1. The Morgan fingerprint density at radius 2 is 1.74 bits per heavy atom. The van der Waals surface area contributed by atoms with Gasteiger partial charge in [0.2, 0.25) is 0 Å². The lowest BCUT2D eigenvalue weighted by Gasteiger charge is -2.09. The topological polar surface area (TPSA) is 78.4 Å². The van der Waals surface area contributed by atoms with Crippen molar-refractivity contribution in [3.63, 3.8) is 0 Å². The average molecular weight is 370 g/mol. The van der Waals surface area contributed by atoms with Crippen LogP contribution in [0.25, 0.3) is 0 Å². The molecule has 2 rings (SSSR count). The van der Waals surface area contributed by atoms with E-state index in [2.05, 4.69) is 17.1 Å². The van der Waals surface area contributed by atoms with Crippen LogP contribution in [0.3, 0.4) is 0 Å². The van der Waals surface area contributed by atoms with E-state index in [1.807, 2.05) is 0 Å². The van der Waals surface area contributed by atoms with E-state index >= 15 is 0 Å². The minimum atomic E-state index is -0.388. The molecule has 2 aromatic carbocycles. The van der Waals surface area contributed by atoms with Crippen LogP contribution in [0.4, 0.5) is 0 Å². The minimum Gasteiger partial charge on any atom is -0.497 e. The quantitative estimate of drug-likeness (QED) is 0.417. The molecule has 1 N–H and O–H groups in total. The highest BCUT2D eigenvalue weighted by molar-refractivity contribution is 5.95. The summed E-state index contributed by atoms with van der Waals surface area (Å²) in [5, 5.41) is 3.98. The van der Waals surface area contributed by atoms with E-state index in [1.165, 1.54) is 20.4 Å². The van der Waals surface area contributed by atoms with E-state index in [0.717, 1.165) is 5.56 Å². The van der Waals surface area contributed by atoms with Gasteiger partial charge in [0.25, 0.3) is 5.91 Å². The van der Waals surface area contributed by atoms with Crippen molar-refractivity contribution in [2.75, 3.05) is 27.9 Å². The van der Waals surface area contributed by atoms with Gasteiger partial charge in [0.05, 0.1) is 27.5 Å². The summed E-state index contributed by atoms with van der Waals surface area (Å²) >= 11 is 0. The molecule has 0 aliphatic rings. The molecular formula is C20H22N2O5. The van der Waals surface area contributed by atoms with E-state index in [0.29, 0.717) is 35.2 Å². The van der Waals surface area contributed by atoms with Crippen LogP contribution >= 0.6 is 0 Å². The molecule has 0 radical (unpaired) electrons. The van der Waals surface area contributed by atoms with Crippen LogP contribution < -0.4 is 24.4 Å². The van der Waals surface area contributed by atoms with E-state index in [-0.39, 0.29) is 5.91 Å². The lowest BCUT2D eigenvalue weighted by Crippen LogP contribution is -2.17. The van der Waals surface area contributed by atoms with Crippen molar-refractivity contribution in [2.45, 2.75) is 0 Å². The summed E-state index contributed by atoms with van der Waals surface area (Å²) in [6, 6.07) is 10.2. The van der Waals surface area contributed by atoms with Crippen molar-refractivity contribution in [2.24, 2.45) is 5.10 Å². The Labute approximate surface area is 158 Å². The van der Waals surface area contributed by atoms with E-state index in [9.17, 15) is 4.79 Å². The zero-order valence-corrected chi connectivity index (χ0v) is 15.5. The standard InChI is InChI=1S/C20H22N2O5/c1-5-8-27-18-7-6-14(9-19(18)26-4)13-21-22-20(23)15-10-16(24-2)12-17(11-15)25-3/h5-7,9-13H,1,8H2,2-4H3,(H,22,23)/b21-13+. The van der Waals surface area contributed by atoms with Gasteiger partial charge in [-0.15, -0.1) is 0 Å². The highest BCUT2D eigenvalue weighted by Gasteiger charge is 2.09. The molecule has 0 atom stereocenters. The lowest BCUT2D eigenvalue weighted by atomic mass is 10.2. The summed E-state index contributed by atoms with van der Waals surface area (Å²) in [4.78, 5) is 12.3. The second-order valence-corrected chi connectivity index (χ2v) is 5.31. The van der Waals surface area contributed by atoms with Gasteiger partial charge in [0.1, 0.15) is 18.1 Å². The highest BCUT2D eigenvalue weighted by atomic mass is 16.5. The molecule has 0 aliphatic heterocycles. The highest BCUT2D eigenvalue weighted by Crippen LogP contribution is 2.27. The Morgan fingerprint density at radius 1 is 1.04 bits per heavy atom. The van der Waals surface area contributed by atoms with E-state index in [4.69, 9.17) is 18.9 Å². The van der Waals surface area contributed by atoms with Crippen LogP contribution in [0.15, 0.2) is 54.2 Å². The predicted octanol–water partition coefficient (Wildman–Crippen LogP) is 3.04. The monoisotopic (exact) mass is 370 g/mol. The molecule has 0 unspecified atom stereocenters. The second kappa shape index (κ2) is 9.86. The molecule has 0 bridgehead atoms. The number of methoxy groups -OCH3 is 3. The van der Waals surface area contributed by atoms with Crippen molar-refractivity contribution in [3.8, 4) is 23.0 Å². The van der Waals surface area contributed by atoms with Gasteiger partial charge in [0.15, 0.2) is 11.5 Å². The first kappa shape index (κ1) is 19.8. The van der Waals surface area contributed by atoms with Gasteiger partial charge in [0, 0.05) is 11.6 Å². The molecule has 1 amide bonds. The number of ether oxygens (including phenoxy) is 4. The van der Waals surface area contributed by atoms with E-state index < -0.39 is 0 Å². The molecule has 0 aliphatic carbocycles. The summed E-state index contributed by atoms with van der Waals surface area (Å²) in [7, 11) is 4.59. The molecule has 0 aromatic heterocycles. The van der Waals surface area contributed by atoms with Crippen LogP contribution in [0, 0.1) is 0 Å². The summed E-state index contributed by atoms with van der Waals surface area (Å²) < 4.78 is 21.1. The number of carbonyl (C=O) groups excluding carboxylic acids is 1. The number of hydrazone groups is 1. The number of rotatable bonds is 9. The van der Waals surface area contributed by atoms with Crippen LogP contribution in [0.5, 0.6) is 23.0 Å². The second-order valence-electron chi connectivity index (χ2n) is 5.31. The fraction of sp³-hybridized carbons (Fsp3) is 0.200. The molecule has 142 valence electrons. The van der Waals surface area contributed by atoms with Gasteiger partial charge < -0.3 is 18.9 Å². The molecule has 0 heterocycles. The Bertz CT molecular complexity index is 811. The molecule has 0 saturated heterocycles. The summed E-state index contributed by atoms with van der Waals surface area (Å²) in [6.07, 6.45) is 3.16. The Balaban J connectivity index is 2.08. The minimum absolute atomic E-state index is 0.370. The Hall–Kier alpha value is -3.48. The van der Waals surface area contributed by atoms with Crippen LogP contribution in [0.2, 0.25) is 0 Å². The third-order valence-corrected chi connectivity index (χ3v) is 3.54. The SMILES string of the molecule is C=CCOc1ccc(/C=N/NC(=O)c2cc(OC)cc(OC)c2)cc1OC. The Kier molecular flexibility index (Phi) is 7.25. The number of carbonyl (C=O) groups is 1. The van der Waals surface area contributed by atoms with Crippen molar-refractivity contribution in [1.82, 2.24) is 5.43 Å². The molecule has 0 spiro atoms. The van der Waals surface area contributed by atoms with Crippen LogP contribution in [0.1, 0.15) is 15.9 Å². The fourth-order valence-corrected chi connectivity index (χ4v) is 2.20. The third-order valence-electron chi connectivity index (χ3n) is 3.54. The molecule has 2 aromatic rings. The zero-order chi connectivity index (χ0) is 19.6. The molecule has 0 saturated carbocycles. The van der Waals surface area contributed by atoms with E-state index in [1.54, 1.807) is 49.6 Å². The number of benzene rings is 2. The summed E-state index contributed by atoms with van der Waals surface area (Å²) in [5.41, 5.74) is 3.58. The maximum Gasteiger partial charge on any atom is 0.271 e. The van der Waals surface area contributed by atoms with Crippen LogP contribution in [-0.2, 0) is 0 Å². The summed E-state index contributed by atoms with van der Waals surface area (Å²) in [6.45, 7) is 3.99. The molecular weight excluding hydrogens is 348 g/mol. The Morgan fingerprint density at radius 3 is 2.33 bits per heavy atom. The normalized spacial score (nSPS) is 10.3. The van der Waals surface area contributed by atoms with Gasteiger partial charge in [-0.25, -0.2) is 5.43 Å². The van der Waals surface area contributed by atoms with Gasteiger partial charge in [-0.2, -0.15) is 5.10 Å². The average Bonchev–Trinajstić information content (AvgIpc) is 2.71. The lowest BCUT2D eigenvalue weighted by molar-refractivity contribution is 0.0954. The molecule has 0 fully saturated rings. The van der Waals surface area contributed by atoms with Crippen molar-refractivity contribution in [3.05, 3.63) is 60.2 Å². The number of amides is 1. The maximum absolute atomic E-state index is 12.3. The number of hydrogen-bond acceptors (Lipinski definition) is 6. The van der Waals surface area contributed by atoms with Crippen molar-refractivity contribution < 1.29 is 23.7 Å². The fourth-order valence-electron chi connectivity index (χ4n) is 2.20. The van der Waals surface area contributed by atoms with Gasteiger partial charge >= 0.3 is 0 Å². The number of nitrogens with zero attached hydrogens (tertiary/aromatic N) is 1.